The normalized spacial score (nSPS) is 17.6. The molecule has 1 N–H and O–H groups in total. The van der Waals surface area contributed by atoms with Crippen molar-refractivity contribution in [1.29, 1.82) is 0 Å². The summed E-state index contributed by atoms with van der Waals surface area (Å²) >= 11 is 9.44. The Kier molecular flexibility index (Phi) is 3.55. The van der Waals surface area contributed by atoms with E-state index in [2.05, 4.69) is 21.2 Å². The molecular formula is C12H13BrClNO. The van der Waals surface area contributed by atoms with E-state index < -0.39 is 0 Å². The van der Waals surface area contributed by atoms with Gasteiger partial charge in [-0.25, -0.2) is 0 Å². The Morgan fingerprint density at radius 2 is 2.12 bits per heavy atom. The maximum absolute atomic E-state index is 12.0. The van der Waals surface area contributed by atoms with Crippen molar-refractivity contribution in [3.63, 3.8) is 0 Å². The summed E-state index contributed by atoms with van der Waals surface area (Å²) in [6.07, 6.45) is 3.25. The van der Waals surface area contributed by atoms with Gasteiger partial charge in [0.1, 0.15) is 0 Å². The highest BCUT2D eigenvalue weighted by Gasteiger charge is 2.37. The number of benzene rings is 1. The van der Waals surface area contributed by atoms with Crippen LogP contribution in [0.5, 0.6) is 0 Å². The fourth-order valence-electron chi connectivity index (χ4n) is 1.85. The van der Waals surface area contributed by atoms with Crippen molar-refractivity contribution in [3.05, 3.63) is 34.9 Å². The van der Waals surface area contributed by atoms with Crippen molar-refractivity contribution in [1.82, 2.24) is 5.32 Å². The molecule has 0 unspecified atom stereocenters. The summed E-state index contributed by atoms with van der Waals surface area (Å²) in [5.74, 6) is -0.0789. The van der Waals surface area contributed by atoms with Gasteiger partial charge in [0.05, 0.1) is 16.1 Å². The molecule has 2 nitrogen and oxygen atoms in total. The number of carbonyl (C=O) groups is 1. The van der Waals surface area contributed by atoms with Crippen molar-refractivity contribution in [2.75, 3.05) is 5.33 Å². The van der Waals surface area contributed by atoms with Gasteiger partial charge in [-0.05, 0) is 31.4 Å². The molecule has 86 valence electrons. The number of alkyl halides is 1. The molecule has 1 aromatic rings. The predicted octanol–water partition coefficient (Wildman–Crippen LogP) is 3.39. The van der Waals surface area contributed by atoms with Gasteiger partial charge in [0.25, 0.3) is 5.91 Å². The molecule has 1 amide bonds. The van der Waals surface area contributed by atoms with E-state index in [1.165, 1.54) is 6.42 Å². The molecule has 0 radical (unpaired) electrons. The molecule has 0 saturated heterocycles. The van der Waals surface area contributed by atoms with Gasteiger partial charge in [-0.15, -0.1) is 0 Å². The number of nitrogens with one attached hydrogen (secondary N) is 1. The number of hydrogen-bond donors (Lipinski definition) is 1. The first-order chi connectivity index (χ1) is 7.67. The highest BCUT2D eigenvalue weighted by atomic mass is 79.9. The molecule has 0 atom stereocenters. The molecular weight excluding hydrogens is 289 g/mol. The Balaban J connectivity index is 2.11. The van der Waals surface area contributed by atoms with Crippen molar-refractivity contribution < 1.29 is 4.79 Å². The number of hydrogen-bond acceptors (Lipinski definition) is 1. The zero-order valence-corrected chi connectivity index (χ0v) is 11.1. The molecule has 1 aliphatic rings. The van der Waals surface area contributed by atoms with Gasteiger partial charge in [0.15, 0.2) is 0 Å². The number of halogens is 2. The fourth-order valence-corrected chi connectivity index (χ4v) is 2.77. The molecule has 0 bridgehead atoms. The maximum atomic E-state index is 12.0. The zero-order chi connectivity index (χ0) is 11.6. The van der Waals surface area contributed by atoms with Crippen LogP contribution < -0.4 is 5.32 Å². The van der Waals surface area contributed by atoms with Gasteiger partial charge in [-0.1, -0.05) is 39.7 Å². The number of carbonyl (C=O) groups excluding carboxylic acids is 1. The maximum Gasteiger partial charge on any atom is 0.253 e. The van der Waals surface area contributed by atoms with Gasteiger partial charge in [-0.3, -0.25) is 4.79 Å². The Morgan fingerprint density at radius 1 is 1.44 bits per heavy atom. The number of amides is 1. The monoisotopic (exact) mass is 301 g/mol. The van der Waals surface area contributed by atoms with Crippen molar-refractivity contribution in [3.8, 4) is 0 Å². The minimum Gasteiger partial charge on any atom is -0.346 e. The van der Waals surface area contributed by atoms with E-state index in [0.29, 0.717) is 10.6 Å². The molecule has 4 heteroatoms. The minimum absolute atomic E-state index is 0.0593. The minimum atomic E-state index is -0.0789. The van der Waals surface area contributed by atoms with Gasteiger partial charge >= 0.3 is 0 Å². The Morgan fingerprint density at radius 3 is 2.62 bits per heavy atom. The number of rotatable bonds is 3. The van der Waals surface area contributed by atoms with Crippen LogP contribution in [0.15, 0.2) is 24.3 Å². The molecule has 1 aromatic carbocycles. The summed E-state index contributed by atoms with van der Waals surface area (Å²) in [5, 5.41) is 4.37. The summed E-state index contributed by atoms with van der Waals surface area (Å²) in [4.78, 5) is 12.0. The van der Waals surface area contributed by atoms with Gasteiger partial charge in [0.2, 0.25) is 0 Å². The highest BCUT2D eigenvalue weighted by Crippen LogP contribution is 2.33. The smallest absolute Gasteiger partial charge is 0.253 e. The predicted molar refractivity (Wildman–Crippen MR) is 69.3 cm³/mol. The van der Waals surface area contributed by atoms with Crippen LogP contribution in [-0.4, -0.2) is 16.8 Å². The Labute approximate surface area is 108 Å². The molecule has 0 spiro atoms. The molecule has 16 heavy (non-hydrogen) atoms. The highest BCUT2D eigenvalue weighted by molar-refractivity contribution is 9.09. The largest absolute Gasteiger partial charge is 0.346 e. The molecule has 0 aromatic heterocycles. The van der Waals surface area contributed by atoms with Crippen LogP contribution >= 0.6 is 27.5 Å². The van der Waals surface area contributed by atoms with E-state index in [9.17, 15) is 4.79 Å². The topological polar surface area (TPSA) is 29.1 Å². The van der Waals surface area contributed by atoms with Gasteiger partial charge in [0, 0.05) is 5.33 Å². The Bertz CT molecular complexity index is 398. The average Bonchev–Trinajstić information content (AvgIpc) is 2.24. The lowest BCUT2D eigenvalue weighted by molar-refractivity contribution is 0.0856. The van der Waals surface area contributed by atoms with Crippen LogP contribution in [0.4, 0.5) is 0 Å². The molecule has 0 aliphatic heterocycles. The molecule has 1 saturated carbocycles. The third-order valence-electron chi connectivity index (χ3n) is 3.06. The van der Waals surface area contributed by atoms with Gasteiger partial charge in [-0.2, -0.15) is 0 Å². The lowest BCUT2D eigenvalue weighted by atomic mass is 9.78. The second kappa shape index (κ2) is 4.76. The second-order valence-corrected chi connectivity index (χ2v) is 5.17. The van der Waals surface area contributed by atoms with Crippen LogP contribution in [0.1, 0.15) is 29.6 Å². The summed E-state index contributed by atoms with van der Waals surface area (Å²) in [6.45, 7) is 0. The third-order valence-corrected chi connectivity index (χ3v) is 4.47. The average molecular weight is 303 g/mol. The van der Waals surface area contributed by atoms with Crippen LogP contribution in [0.25, 0.3) is 0 Å². The summed E-state index contributed by atoms with van der Waals surface area (Å²) < 4.78 is 0. The first-order valence-corrected chi connectivity index (χ1v) is 6.80. The van der Waals surface area contributed by atoms with E-state index in [4.69, 9.17) is 11.6 Å². The third kappa shape index (κ3) is 2.25. The summed E-state index contributed by atoms with van der Waals surface area (Å²) in [7, 11) is 0. The van der Waals surface area contributed by atoms with E-state index in [0.717, 1.165) is 18.2 Å². The van der Waals surface area contributed by atoms with Crippen molar-refractivity contribution >= 4 is 33.4 Å². The van der Waals surface area contributed by atoms with Crippen molar-refractivity contribution in [2.45, 2.75) is 24.8 Å². The van der Waals surface area contributed by atoms with E-state index in [1.54, 1.807) is 12.1 Å². The quantitative estimate of drug-likeness (QED) is 0.852. The van der Waals surface area contributed by atoms with Crippen LogP contribution in [-0.2, 0) is 0 Å². The van der Waals surface area contributed by atoms with E-state index in [1.807, 2.05) is 12.1 Å². The van der Waals surface area contributed by atoms with Crippen LogP contribution in [0.3, 0.4) is 0 Å². The van der Waals surface area contributed by atoms with E-state index >= 15 is 0 Å². The zero-order valence-electron chi connectivity index (χ0n) is 8.80. The lowest BCUT2D eigenvalue weighted by Gasteiger charge is -2.41. The Hall–Kier alpha value is -0.540. The second-order valence-electron chi connectivity index (χ2n) is 4.20. The molecule has 0 heterocycles. The first kappa shape index (κ1) is 11.9. The van der Waals surface area contributed by atoms with E-state index in [-0.39, 0.29) is 11.4 Å². The van der Waals surface area contributed by atoms with Crippen molar-refractivity contribution in [2.24, 2.45) is 0 Å². The molecule has 1 aliphatic carbocycles. The lowest BCUT2D eigenvalue weighted by Crippen LogP contribution is -2.54. The van der Waals surface area contributed by atoms with Gasteiger partial charge < -0.3 is 5.32 Å². The van der Waals surface area contributed by atoms with Crippen LogP contribution in [0.2, 0.25) is 5.02 Å². The first-order valence-electron chi connectivity index (χ1n) is 5.30. The van der Waals surface area contributed by atoms with Crippen LogP contribution in [0, 0.1) is 0 Å². The molecule has 1 fully saturated rings. The fraction of sp³-hybridized carbons (Fsp3) is 0.417. The molecule has 2 rings (SSSR count). The SMILES string of the molecule is O=C(NC1(CBr)CCC1)c1ccccc1Cl. The standard InChI is InChI=1S/C12H13BrClNO/c13-8-12(6-3-7-12)15-11(16)9-4-1-2-5-10(9)14/h1-2,4-5H,3,6-8H2,(H,15,16). The summed E-state index contributed by atoms with van der Waals surface area (Å²) in [5.41, 5.74) is 0.493. The summed E-state index contributed by atoms with van der Waals surface area (Å²) in [6, 6.07) is 7.13.